The van der Waals surface area contributed by atoms with Crippen LogP contribution in [0.4, 0.5) is 0 Å². The van der Waals surface area contributed by atoms with Crippen LogP contribution in [0.3, 0.4) is 0 Å². The summed E-state index contributed by atoms with van der Waals surface area (Å²) >= 11 is 0. The lowest BCUT2D eigenvalue weighted by Crippen LogP contribution is -2.27. The van der Waals surface area contributed by atoms with Gasteiger partial charge >= 0.3 is 11.9 Å². The topological polar surface area (TPSA) is 61.8 Å². The van der Waals surface area contributed by atoms with Gasteiger partial charge in [0.25, 0.3) is 0 Å². The minimum Gasteiger partial charge on any atom is -0.463 e. The fraction of sp³-hybridized carbons (Fsp3) is 0.565. The Morgan fingerprint density at radius 3 is 2.29 bits per heavy atom. The average Bonchev–Trinajstić information content (AvgIpc) is 2.73. The maximum atomic E-state index is 12.3. The summed E-state index contributed by atoms with van der Waals surface area (Å²) < 4.78 is 15.9. The molecule has 1 aromatic carbocycles. The monoisotopic (exact) mass is 388 g/mol. The molecule has 0 N–H and O–H groups in total. The summed E-state index contributed by atoms with van der Waals surface area (Å²) in [5, 5.41) is 0. The van der Waals surface area contributed by atoms with Crippen molar-refractivity contribution in [3.8, 4) is 0 Å². The molecule has 0 spiro atoms. The summed E-state index contributed by atoms with van der Waals surface area (Å²) in [6.07, 6.45) is 10.2. The normalized spacial score (nSPS) is 19.0. The molecule has 0 heterocycles. The Labute approximate surface area is 168 Å². The Hall–Kier alpha value is -2.14. The van der Waals surface area contributed by atoms with E-state index in [2.05, 4.69) is 6.58 Å². The van der Waals surface area contributed by atoms with Gasteiger partial charge in [0.2, 0.25) is 0 Å². The highest BCUT2D eigenvalue weighted by molar-refractivity contribution is 5.89. The first-order valence-electron chi connectivity index (χ1n) is 10.2. The third-order valence-electron chi connectivity index (χ3n) is 5.19. The van der Waals surface area contributed by atoms with E-state index in [9.17, 15) is 9.59 Å². The van der Waals surface area contributed by atoms with Gasteiger partial charge in [0.15, 0.2) is 0 Å². The zero-order valence-corrected chi connectivity index (χ0v) is 16.9. The Morgan fingerprint density at radius 2 is 1.64 bits per heavy atom. The van der Waals surface area contributed by atoms with Crippen LogP contribution >= 0.6 is 0 Å². The van der Waals surface area contributed by atoms with Gasteiger partial charge < -0.3 is 14.2 Å². The van der Waals surface area contributed by atoms with E-state index in [4.69, 9.17) is 14.2 Å². The molecule has 0 saturated heterocycles. The van der Waals surface area contributed by atoms with E-state index in [1.165, 1.54) is 11.6 Å². The van der Waals surface area contributed by atoms with Crippen LogP contribution in [0.5, 0.6) is 0 Å². The van der Waals surface area contributed by atoms with Gasteiger partial charge in [-0.25, -0.2) is 9.59 Å². The molecule has 0 aliphatic heterocycles. The zero-order chi connectivity index (χ0) is 20.2. The van der Waals surface area contributed by atoms with Crippen molar-refractivity contribution in [2.45, 2.75) is 70.0 Å². The minimum absolute atomic E-state index is 0.00401. The van der Waals surface area contributed by atoms with Crippen LogP contribution in [-0.2, 0) is 25.4 Å². The fourth-order valence-corrected chi connectivity index (χ4v) is 3.43. The van der Waals surface area contributed by atoms with Crippen molar-refractivity contribution < 1.29 is 23.8 Å². The Bertz CT molecular complexity index is 614. The predicted molar refractivity (Wildman–Crippen MR) is 108 cm³/mol. The Morgan fingerprint density at radius 1 is 1.00 bits per heavy atom. The molecule has 0 unspecified atom stereocenters. The maximum Gasteiger partial charge on any atom is 0.338 e. The molecule has 1 saturated carbocycles. The molecule has 0 bridgehead atoms. The average molecular weight is 389 g/mol. The first kappa shape index (κ1) is 22.2. The SMILES string of the molecule is C=CC(=O)OCCCCCCc1ccc(C(=O)OC2CCC(OC)CC2)cc1. The third-order valence-corrected chi connectivity index (χ3v) is 5.19. The van der Waals surface area contributed by atoms with Gasteiger partial charge in [-0.05, 0) is 62.6 Å². The van der Waals surface area contributed by atoms with Crippen LogP contribution in [0.15, 0.2) is 36.9 Å². The molecule has 5 heteroatoms. The number of carbonyl (C=O) groups is 2. The van der Waals surface area contributed by atoms with Gasteiger partial charge in [-0.1, -0.05) is 31.6 Å². The summed E-state index contributed by atoms with van der Waals surface area (Å²) in [6.45, 7) is 3.82. The number of esters is 2. The maximum absolute atomic E-state index is 12.3. The van der Waals surface area contributed by atoms with E-state index in [0.29, 0.717) is 18.3 Å². The van der Waals surface area contributed by atoms with Crippen molar-refractivity contribution in [3.05, 3.63) is 48.0 Å². The second-order valence-corrected chi connectivity index (χ2v) is 7.27. The largest absolute Gasteiger partial charge is 0.463 e. The van der Waals surface area contributed by atoms with Crippen molar-refractivity contribution in [2.75, 3.05) is 13.7 Å². The molecule has 5 nitrogen and oxygen atoms in total. The molecule has 1 aliphatic rings. The highest BCUT2D eigenvalue weighted by Crippen LogP contribution is 2.24. The van der Waals surface area contributed by atoms with E-state index in [0.717, 1.165) is 57.8 Å². The summed E-state index contributed by atoms with van der Waals surface area (Å²) in [5.41, 5.74) is 1.83. The summed E-state index contributed by atoms with van der Waals surface area (Å²) in [6, 6.07) is 7.72. The van der Waals surface area contributed by atoms with Crippen molar-refractivity contribution in [1.82, 2.24) is 0 Å². The van der Waals surface area contributed by atoms with E-state index < -0.39 is 0 Å². The van der Waals surface area contributed by atoms with Gasteiger partial charge in [-0.15, -0.1) is 0 Å². The third kappa shape index (κ3) is 7.85. The predicted octanol–water partition coefficient (Wildman–Crippen LogP) is 4.63. The van der Waals surface area contributed by atoms with Crippen molar-refractivity contribution in [1.29, 1.82) is 0 Å². The number of carbonyl (C=O) groups excluding carboxylic acids is 2. The number of methoxy groups -OCH3 is 1. The van der Waals surface area contributed by atoms with Crippen LogP contribution in [-0.4, -0.2) is 37.9 Å². The molecule has 1 aromatic rings. The van der Waals surface area contributed by atoms with E-state index in [-0.39, 0.29) is 18.0 Å². The number of hydrogen-bond acceptors (Lipinski definition) is 5. The highest BCUT2D eigenvalue weighted by atomic mass is 16.5. The molecule has 1 aliphatic carbocycles. The second kappa shape index (κ2) is 12.3. The summed E-state index contributed by atoms with van der Waals surface area (Å²) in [4.78, 5) is 23.2. The van der Waals surface area contributed by atoms with Crippen molar-refractivity contribution in [3.63, 3.8) is 0 Å². The standard InChI is InChI=1S/C23H32O5/c1-3-22(24)27-17-7-5-4-6-8-18-9-11-19(12-10-18)23(25)28-21-15-13-20(26-2)14-16-21/h3,9-12,20-21H,1,4-8,13-17H2,2H3. The number of aryl methyl sites for hydroxylation is 1. The molecule has 154 valence electrons. The Kier molecular flexibility index (Phi) is 9.77. The molecular weight excluding hydrogens is 356 g/mol. The van der Waals surface area contributed by atoms with E-state index in [1.807, 2.05) is 24.3 Å². The van der Waals surface area contributed by atoms with Crippen LogP contribution in [0, 0.1) is 0 Å². The van der Waals surface area contributed by atoms with E-state index >= 15 is 0 Å². The van der Waals surface area contributed by atoms with Gasteiger partial charge in [0, 0.05) is 13.2 Å². The lowest BCUT2D eigenvalue weighted by molar-refractivity contribution is -0.137. The van der Waals surface area contributed by atoms with Gasteiger partial charge in [-0.2, -0.15) is 0 Å². The zero-order valence-electron chi connectivity index (χ0n) is 16.9. The summed E-state index contributed by atoms with van der Waals surface area (Å²) in [5.74, 6) is -0.595. The Balaban J connectivity index is 1.62. The molecule has 2 rings (SSSR count). The number of rotatable bonds is 11. The van der Waals surface area contributed by atoms with Gasteiger partial charge in [0.1, 0.15) is 6.10 Å². The first-order valence-corrected chi connectivity index (χ1v) is 10.2. The van der Waals surface area contributed by atoms with Crippen molar-refractivity contribution in [2.24, 2.45) is 0 Å². The quantitative estimate of drug-likeness (QED) is 0.314. The molecule has 0 aromatic heterocycles. The molecule has 28 heavy (non-hydrogen) atoms. The summed E-state index contributed by atoms with van der Waals surface area (Å²) in [7, 11) is 1.74. The number of ether oxygens (including phenoxy) is 3. The van der Waals surface area contributed by atoms with Crippen molar-refractivity contribution >= 4 is 11.9 Å². The van der Waals surface area contributed by atoms with Gasteiger partial charge in [-0.3, -0.25) is 0 Å². The molecule has 1 fully saturated rings. The lowest BCUT2D eigenvalue weighted by Gasteiger charge is -2.27. The first-order chi connectivity index (χ1) is 13.6. The number of unbranched alkanes of at least 4 members (excludes halogenated alkanes) is 3. The molecule has 0 atom stereocenters. The van der Waals surface area contributed by atoms with Crippen LogP contribution in [0.2, 0.25) is 0 Å². The van der Waals surface area contributed by atoms with Crippen LogP contribution in [0.1, 0.15) is 67.3 Å². The highest BCUT2D eigenvalue weighted by Gasteiger charge is 2.24. The fourth-order valence-electron chi connectivity index (χ4n) is 3.43. The van der Waals surface area contributed by atoms with Crippen LogP contribution < -0.4 is 0 Å². The van der Waals surface area contributed by atoms with E-state index in [1.54, 1.807) is 7.11 Å². The molecular formula is C23H32O5. The molecule has 0 radical (unpaired) electrons. The minimum atomic E-state index is -0.360. The molecule has 0 amide bonds. The van der Waals surface area contributed by atoms with Crippen LogP contribution in [0.25, 0.3) is 0 Å². The number of hydrogen-bond donors (Lipinski definition) is 0. The smallest absolute Gasteiger partial charge is 0.338 e. The number of benzene rings is 1. The second-order valence-electron chi connectivity index (χ2n) is 7.27. The van der Waals surface area contributed by atoms with Gasteiger partial charge in [0.05, 0.1) is 18.3 Å². The lowest BCUT2D eigenvalue weighted by atomic mass is 9.95.